The van der Waals surface area contributed by atoms with Crippen LogP contribution in [-0.4, -0.2) is 14.4 Å². The molecule has 2 N–H and O–H groups in total. The predicted octanol–water partition coefficient (Wildman–Crippen LogP) is 1.62. The highest BCUT2D eigenvalue weighted by Gasteiger charge is 2.09. The summed E-state index contributed by atoms with van der Waals surface area (Å²) in [5, 5.41) is 5.00. The summed E-state index contributed by atoms with van der Waals surface area (Å²) < 4.78 is 27.4. The summed E-state index contributed by atoms with van der Waals surface area (Å²) in [5.41, 5.74) is 1.58. The number of benzene rings is 2. The topological polar surface area (TPSA) is 86.5 Å². The summed E-state index contributed by atoms with van der Waals surface area (Å²) in [5.74, 6) is -0.373. The highest BCUT2D eigenvalue weighted by molar-refractivity contribution is 7.89. The fourth-order valence-corrected chi connectivity index (χ4v) is 2.27. The Balaban J connectivity index is 1.91. The second-order valence-corrected chi connectivity index (χ2v) is 6.07. The molecule has 0 spiro atoms. The van der Waals surface area contributed by atoms with Crippen LogP contribution in [0.25, 0.3) is 0 Å². The van der Waals surface area contributed by atoms with E-state index in [1.165, 1.54) is 12.1 Å². The lowest BCUT2D eigenvalue weighted by Gasteiger charge is -2.05. The first-order valence-corrected chi connectivity index (χ1v) is 7.81. The van der Waals surface area contributed by atoms with E-state index in [2.05, 4.69) is 0 Å². The van der Waals surface area contributed by atoms with Gasteiger partial charge in [0, 0.05) is 0 Å². The Kier molecular flexibility index (Phi) is 4.72. The van der Waals surface area contributed by atoms with Crippen molar-refractivity contribution in [3.63, 3.8) is 0 Å². The highest BCUT2D eigenvalue weighted by Crippen LogP contribution is 2.10. The first-order valence-electron chi connectivity index (χ1n) is 6.26. The summed E-state index contributed by atoms with van der Waals surface area (Å²) in [6.45, 7) is 0.217. The smallest absolute Gasteiger partial charge is 0.310 e. The van der Waals surface area contributed by atoms with Crippen LogP contribution in [0.3, 0.4) is 0 Å². The van der Waals surface area contributed by atoms with Crippen LogP contribution in [0.1, 0.15) is 11.1 Å². The van der Waals surface area contributed by atoms with Crippen LogP contribution in [-0.2, 0) is 32.6 Å². The maximum atomic E-state index is 11.7. The molecule has 0 amide bonds. The molecule has 0 unspecified atom stereocenters. The number of esters is 1. The zero-order valence-corrected chi connectivity index (χ0v) is 12.0. The molecule has 0 aliphatic rings. The van der Waals surface area contributed by atoms with Crippen LogP contribution in [0.15, 0.2) is 59.5 Å². The fourth-order valence-electron chi connectivity index (χ4n) is 1.75. The first-order chi connectivity index (χ1) is 9.95. The fraction of sp³-hybridized carbons (Fsp3) is 0.133. The van der Waals surface area contributed by atoms with E-state index in [0.717, 1.165) is 5.56 Å². The van der Waals surface area contributed by atoms with Gasteiger partial charge >= 0.3 is 5.97 Å². The molecule has 0 radical (unpaired) electrons. The monoisotopic (exact) mass is 305 g/mol. The summed E-state index contributed by atoms with van der Waals surface area (Å²) >= 11 is 0. The SMILES string of the molecule is NS(=O)(=O)c1ccc(CC(=O)OCc2ccccc2)cc1. The van der Waals surface area contributed by atoms with Crippen LogP contribution in [0, 0.1) is 0 Å². The van der Waals surface area contributed by atoms with Crippen molar-refractivity contribution in [2.24, 2.45) is 5.14 Å². The lowest BCUT2D eigenvalue weighted by Crippen LogP contribution is -2.12. The van der Waals surface area contributed by atoms with Gasteiger partial charge in [-0.25, -0.2) is 13.6 Å². The van der Waals surface area contributed by atoms with Gasteiger partial charge in [0.1, 0.15) is 6.61 Å². The molecular formula is C15H15NO4S. The van der Waals surface area contributed by atoms with E-state index in [0.29, 0.717) is 5.56 Å². The molecule has 0 aliphatic carbocycles. The number of carbonyl (C=O) groups is 1. The van der Waals surface area contributed by atoms with Crippen LogP contribution in [0.5, 0.6) is 0 Å². The highest BCUT2D eigenvalue weighted by atomic mass is 32.2. The van der Waals surface area contributed by atoms with Gasteiger partial charge in [0.05, 0.1) is 11.3 Å². The molecule has 0 saturated heterocycles. The Bertz CT molecular complexity index is 709. The number of hydrogen-bond donors (Lipinski definition) is 1. The summed E-state index contributed by atoms with van der Waals surface area (Å²) in [6, 6.07) is 15.2. The van der Waals surface area contributed by atoms with Gasteiger partial charge in [-0.2, -0.15) is 0 Å². The minimum absolute atomic E-state index is 0.0175. The van der Waals surface area contributed by atoms with Gasteiger partial charge < -0.3 is 4.74 Å². The van der Waals surface area contributed by atoms with Crippen LogP contribution < -0.4 is 5.14 Å². The lowest BCUT2D eigenvalue weighted by atomic mass is 10.1. The molecule has 5 nitrogen and oxygen atoms in total. The van der Waals surface area contributed by atoms with E-state index in [9.17, 15) is 13.2 Å². The third-order valence-corrected chi connectivity index (χ3v) is 3.77. The van der Waals surface area contributed by atoms with Gasteiger partial charge in [-0.1, -0.05) is 42.5 Å². The number of rotatable bonds is 5. The zero-order valence-electron chi connectivity index (χ0n) is 11.2. The standard InChI is InChI=1S/C15H15NO4S/c16-21(18,19)14-8-6-12(7-9-14)10-15(17)20-11-13-4-2-1-3-5-13/h1-9H,10-11H2,(H2,16,18,19). The minimum Gasteiger partial charge on any atom is -0.461 e. The molecule has 0 bridgehead atoms. The van der Waals surface area contributed by atoms with Crippen molar-refractivity contribution in [3.05, 3.63) is 65.7 Å². The number of nitrogens with two attached hydrogens (primary N) is 1. The molecule has 21 heavy (non-hydrogen) atoms. The molecule has 110 valence electrons. The number of carbonyl (C=O) groups excluding carboxylic acids is 1. The van der Waals surface area contributed by atoms with Gasteiger partial charge in [-0.15, -0.1) is 0 Å². The van der Waals surface area contributed by atoms with E-state index >= 15 is 0 Å². The number of sulfonamides is 1. The molecule has 6 heteroatoms. The van der Waals surface area contributed by atoms with Crippen LogP contribution >= 0.6 is 0 Å². The van der Waals surface area contributed by atoms with Gasteiger partial charge in [-0.3, -0.25) is 4.79 Å². The Morgan fingerprint density at radius 2 is 1.57 bits per heavy atom. The van der Waals surface area contributed by atoms with E-state index in [-0.39, 0.29) is 23.9 Å². The van der Waals surface area contributed by atoms with E-state index in [4.69, 9.17) is 9.88 Å². The van der Waals surface area contributed by atoms with Crippen molar-refractivity contribution in [3.8, 4) is 0 Å². The second kappa shape index (κ2) is 6.51. The first kappa shape index (κ1) is 15.2. The van der Waals surface area contributed by atoms with Gasteiger partial charge in [-0.05, 0) is 23.3 Å². The molecule has 0 fully saturated rings. The largest absolute Gasteiger partial charge is 0.461 e. The average molecular weight is 305 g/mol. The third kappa shape index (κ3) is 4.70. The average Bonchev–Trinajstić information content (AvgIpc) is 2.46. The second-order valence-electron chi connectivity index (χ2n) is 4.51. The molecule has 0 aromatic heterocycles. The molecule has 0 saturated carbocycles. The van der Waals surface area contributed by atoms with E-state index in [1.54, 1.807) is 12.1 Å². The van der Waals surface area contributed by atoms with Gasteiger partial charge in [0.25, 0.3) is 0 Å². The Morgan fingerprint density at radius 3 is 2.14 bits per heavy atom. The molecule has 2 rings (SSSR count). The summed E-state index contributed by atoms with van der Waals surface area (Å²) in [7, 11) is -3.71. The van der Waals surface area contributed by atoms with E-state index in [1.807, 2.05) is 30.3 Å². The van der Waals surface area contributed by atoms with Crippen molar-refractivity contribution < 1.29 is 17.9 Å². The Hall–Kier alpha value is -2.18. The third-order valence-electron chi connectivity index (χ3n) is 2.84. The molecule has 0 atom stereocenters. The minimum atomic E-state index is -3.71. The maximum Gasteiger partial charge on any atom is 0.310 e. The van der Waals surface area contributed by atoms with Crippen molar-refractivity contribution in [2.45, 2.75) is 17.9 Å². The lowest BCUT2D eigenvalue weighted by molar-refractivity contribution is -0.144. The van der Waals surface area contributed by atoms with Gasteiger partial charge in [0.2, 0.25) is 10.0 Å². The maximum absolute atomic E-state index is 11.7. The predicted molar refractivity (Wildman–Crippen MR) is 77.8 cm³/mol. The van der Waals surface area contributed by atoms with Crippen molar-refractivity contribution in [2.75, 3.05) is 0 Å². The molecule has 0 heterocycles. The number of hydrogen-bond acceptors (Lipinski definition) is 4. The van der Waals surface area contributed by atoms with Crippen LogP contribution in [0.4, 0.5) is 0 Å². The van der Waals surface area contributed by atoms with Crippen molar-refractivity contribution in [1.82, 2.24) is 0 Å². The summed E-state index contributed by atoms with van der Waals surface area (Å²) in [6.07, 6.45) is 0.0811. The van der Waals surface area contributed by atoms with E-state index < -0.39 is 10.0 Å². The zero-order chi connectivity index (χ0) is 15.3. The molecular weight excluding hydrogens is 290 g/mol. The number of ether oxygens (including phenoxy) is 1. The molecule has 0 aliphatic heterocycles. The summed E-state index contributed by atoms with van der Waals surface area (Å²) in [4.78, 5) is 11.7. The Morgan fingerprint density at radius 1 is 0.952 bits per heavy atom. The quantitative estimate of drug-likeness (QED) is 0.850. The number of primary sulfonamides is 1. The van der Waals surface area contributed by atoms with Crippen molar-refractivity contribution >= 4 is 16.0 Å². The normalized spacial score (nSPS) is 11.1. The Labute approximate surface area is 123 Å². The van der Waals surface area contributed by atoms with Gasteiger partial charge in [0.15, 0.2) is 0 Å². The van der Waals surface area contributed by atoms with Crippen LogP contribution in [0.2, 0.25) is 0 Å². The molecule has 2 aromatic carbocycles. The van der Waals surface area contributed by atoms with Crippen molar-refractivity contribution in [1.29, 1.82) is 0 Å². The molecule has 2 aromatic rings.